The van der Waals surface area contributed by atoms with Crippen molar-refractivity contribution in [2.75, 3.05) is 26.9 Å². The maximum atomic E-state index is 12.3. The first kappa shape index (κ1) is 22.3. The summed E-state index contributed by atoms with van der Waals surface area (Å²) in [6.07, 6.45) is 3.00. The van der Waals surface area contributed by atoms with Gasteiger partial charge in [-0.3, -0.25) is 4.79 Å². The summed E-state index contributed by atoms with van der Waals surface area (Å²) in [6, 6.07) is 5.15. The van der Waals surface area contributed by atoms with Gasteiger partial charge in [0.1, 0.15) is 0 Å². The molecule has 1 aliphatic heterocycles. The number of likely N-dealkylation sites (tertiary alicyclic amines) is 1. The van der Waals surface area contributed by atoms with E-state index in [0.717, 1.165) is 19.3 Å². The lowest BCUT2D eigenvalue weighted by Crippen LogP contribution is -2.44. The standard InChI is InChI=1S/C19H28N2O6S/c1-14(12-26-3)20-28(24,25)17-9-7-16(8-10-17)19(23)27-13-18(22)21-11-5-4-6-15(21)2/h7-10,14-15,20H,4-6,11-13H2,1-3H3/t14-,15-/m1/s1. The Morgan fingerprint density at radius 2 is 1.93 bits per heavy atom. The van der Waals surface area contributed by atoms with Gasteiger partial charge in [-0.25, -0.2) is 17.9 Å². The largest absolute Gasteiger partial charge is 0.452 e. The smallest absolute Gasteiger partial charge is 0.338 e. The van der Waals surface area contributed by atoms with Crippen LogP contribution in [0.5, 0.6) is 0 Å². The molecule has 1 saturated heterocycles. The fourth-order valence-corrected chi connectivity index (χ4v) is 4.38. The number of esters is 1. The van der Waals surface area contributed by atoms with Crippen molar-refractivity contribution in [2.45, 2.75) is 50.1 Å². The summed E-state index contributed by atoms with van der Waals surface area (Å²) < 4.78 is 37.1. The lowest BCUT2D eigenvalue weighted by atomic mass is 10.0. The van der Waals surface area contributed by atoms with Crippen molar-refractivity contribution in [1.29, 1.82) is 0 Å². The number of benzene rings is 1. The van der Waals surface area contributed by atoms with Gasteiger partial charge < -0.3 is 14.4 Å². The van der Waals surface area contributed by atoms with Crippen LogP contribution in [0.1, 0.15) is 43.5 Å². The van der Waals surface area contributed by atoms with Crippen LogP contribution >= 0.6 is 0 Å². The fraction of sp³-hybridized carbons (Fsp3) is 0.579. The van der Waals surface area contributed by atoms with Gasteiger partial charge in [-0.15, -0.1) is 0 Å². The first-order chi connectivity index (χ1) is 13.2. The van der Waals surface area contributed by atoms with Gasteiger partial charge in [0, 0.05) is 25.7 Å². The summed E-state index contributed by atoms with van der Waals surface area (Å²) in [4.78, 5) is 26.2. The van der Waals surface area contributed by atoms with Gasteiger partial charge in [-0.1, -0.05) is 0 Å². The Hall–Kier alpha value is -1.97. The van der Waals surface area contributed by atoms with E-state index in [4.69, 9.17) is 9.47 Å². The number of hydrogen-bond donors (Lipinski definition) is 1. The van der Waals surface area contributed by atoms with Gasteiger partial charge in [-0.05, 0) is 57.4 Å². The molecule has 0 unspecified atom stereocenters. The average molecular weight is 413 g/mol. The SMILES string of the molecule is COC[C@@H](C)NS(=O)(=O)c1ccc(C(=O)OCC(=O)N2CCCC[C@H]2C)cc1. The predicted octanol–water partition coefficient (Wildman–Crippen LogP) is 1.56. The van der Waals surface area contributed by atoms with Crippen LogP contribution in [0.4, 0.5) is 0 Å². The van der Waals surface area contributed by atoms with Crippen molar-refractivity contribution >= 4 is 21.9 Å². The van der Waals surface area contributed by atoms with E-state index >= 15 is 0 Å². The minimum atomic E-state index is -3.71. The van der Waals surface area contributed by atoms with Gasteiger partial charge >= 0.3 is 5.97 Å². The zero-order valence-corrected chi connectivity index (χ0v) is 17.3. The third-order valence-corrected chi connectivity index (χ3v) is 6.23. The molecule has 1 heterocycles. The summed E-state index contributed by atoms with van der Waals surface area (Å²) >= 11 is 0. The highest BCUT2D eigenvalue weighted by atomic mass is 32.2. The Labute approximate surface area is 166 Å². The molecule has 0 aromatic heterocycles. The Bertz CT molecular complexity index is 778. The van der Waals surface area contributed by atoms with Crippen molar-refractivity contribution in [3.63, 3.8) is 0 Å². The zero-order valence-electron chi connectivity index (χ0n) is 16.5. The van der Waals surface area contributed by atoms with E-state index in [2.05, 4.69) is 4.72 Å². The molecule has 1 aliphatic rings. The number of hydrogen-bond acceptors (Lipinski definition) is 6. The lowest BCUT2D eigenvalue weighted by Gasteiger charge is -2.33. The number of carbonyl (C=O) groups excluding carboxylic acids is 2. The normalized spacial score (nSPS) is 18.5. The first-order valence-corrected chi connectivity index (χ1v) is 10.8. The Morgan fingerprint density at radius 1 is 1.25 bits per heavy atom. The molecule has 9 heteroatoms. The second-order valence-corrected chi connectivity index (χ2v) is 8.72. The van der Waals surface area contributed by atoms with E-state index < -0.39 is 16.0 Å². The number of nitrogens with one attached hydrogen (secondary N) is 1. The summed E-state index contributed by atoms with van der Waals surface area (Å²) in [5.74, 6) is -0.876. The summed E-state index contributed by atoms with van der Waals surface area (Å²) in [5.41, 5.74) is 0.184. The van der Waals surface area contributed by atoms with Gasteiger partial charge in [0.05, 0.1) is 17.1 Å². The molecule has 0 radical (unpaired) electrons. The van der Waals surface area contributed by atoms with Crippen molar-refractivity contribution in [2.24, 2.45) is 0 Å². The first-order valence-electron chi connectivity index (χ1n) is 9.32. The van der Waals surface area contributed by atoms with Crippen LogP contribution in [-0.2, 0) is 24.3 Å². The number of amides is 1. The van der Waals surface area contributed by atoms with Crippen LogP contribution in [-0.4, -0.2) is 64.1 Å². The van der Waals surface area contributed by atoms with Crippen LogP contribution in [0.15, 0.2) is 29.2 Å². The van der Waals surface area contributed by atoms with Gasteiger partial charge in [0.2, 0.25) is 10.0 Å². The highest BCUT2D eigenvalue weighted by Gasteiger charge is 2.24. The number of rotatable bonds is 8. The van der Waals surface area contributed by atoms with Crippen molar-refractivity contribution in [3.8, 4) is 0 Å². The van der Waals surface area contributed by atoms with Crippen molar-refractivity contribution < 1.29 is 27.5 Å². The summed E-state index contributed by atoms with van der Waals surface area (Å²) in [5, 5.41) is 0. The number of nitrogens with zero attached hydrogens (tertiary/aromatic N) is 1. The lowest BCUT2D eigenvalue weighted by molar-refractivity contribution is -0.137. The maximum absolute atomic E-state index is 12.3. The molecule has 0 aliphatic carbocycles. The quantitative estimate of drug-likeness (QED) is 0.650. The topological polar surface area (TPSA) is 102 Å². The molecule has 1 fully saturated rings. The molecule has 1 N–H and O–H groups in total. The Morgan fingerprint density at radius 3 is 2.54 bits per heavy atom. The van der Waals surface area contributed by atoms with Crippen LogP contribution in [0.3, 0.4) is 0 Å². The van der Waals surface area contributed by atoms with Gasteiger partial charge in [0.25, 0.3) is 5.91 Å². The Kier molecular flexibility index (Phi) is 7.97. The molecule has 0 spiro atoms. The third-order valence-electron chi connectivity index (χ3n) is 4.62. The number of sulfonamides is 1. The van der Waals surface area contributed by atoms with E-state index in [9.17, 15) is 18.0 Å². The van der Waals surface area contributed by atoms with E-state index in [1.54, 1.807) is 11.8 Å². The second-order valence-electron chi connectivity index (χ2n) is 7.01. The highest BCUT2D eigenvalue weighted by Crippen LogP contribution is 2.17. The van der Waals surface area contributed by atoms with Gasteiger partial charge in [0.15, 0.2) is 6.61 Å². The molecule has 2 atom stereocenters. The van der Waals surface area contributed by atoms with Crippen molar-refractivity contribution in [1.82, 2.24) is 9.62 Å². The molecule has 1 aromatic rings. The number of piperidine rings is 1. The number of carbonyl (C=O) groups is 2. The molecule has 8 nitrogen and oxygen atoms in total. The zero-order chi connectivity index (χ0) is 20.7. The molecule has 28 heavy (non-hydrogen) atoms. The van der Waals surface area contributed by atoms with Crippen LogP contribution in [0, 0.1) is 0 Å². The van der Waals surface area contributed by atoms with E-state index in [0.29, 0.717) is 6.54 Å². The molecule has 2 rings (SSSR count). The highest BCUT2D eigenvalue weighted by molar-refractivity contribution is 7.89. The van der Waals surface area contributed by atoms with E-state index in [-0.39, 0.29) is 41.7 Å². The molecule has 0 saturated carbocycles. The van der Waals surface area contributed by atoms with Crippen LogP contribution in [0.25, 0.3) is 0 Å². The monoisotopic (exact) mass is 412 g/mol. The molecular formula is C19H28N2O6S. The molecule has 1 amide bonds. The average Bonchev–Trinajstić information content (AvgIpc) is 2.66. The second kappa shape index (κ2) is 9.99. The summed E-state index contributed by atoms with van der Waals surface area (Å²) in [6.45, 7) is 4.28. The number of methoxy groups -OCH3 is 1. The predicted molar refractivity (Wildman–Crippen MR) is 103 cm³/mol. The third kappa shape index (κ3) is 6.02. The molecule has 156 valence electrons. The van der Waals surface area contributed by atoms with E-state index in [1.807, 2.05) is 6.92 Å². The van der Waals surface area contributed by atoms with Crippen LogP contribution < -0.4 is 4.72 Å². The maximum Gasteiger partial charge on any atom is 0.338 e. The molecule has 0 bridgehead atoms. The summed E-state index contributed by atoms with van der Waals surface area (Å²) in [7, 11) is -2.23. The molecular weight excluding hydrogens is 384 g/mol. The van der Waals surface area contributed by atoms with Crippen molar-refractivity contribution in [3.05, 3.63) is 29.8 Å². The van der Waals surface area contributed by atoms with E-state index in [1.165, 1.54) is 31.4 Å². The minimum Gasteiger partial charge on any atom is -0.452 e. The Balaban J connectivity index is 1.93. The van der Waals surface area contributed by atoms with Crippen LogP contribution in [0.2, 0.25) is 0 Å². The minimum absolute atomic E-state index is 0.0326. The fourth-order valence-electron chi connectivity index (χ4n) is 3.15. The number of ether oxygens (including phenoxy) is 2. The molecule has 1 aromatic carbocycles. The van der Waals surface area contributed by atoms with Gasteiger partial charge in [-0.2, -0.15) is 0 Å².